The Morgan fingerprint density at radius 2 is 1.76 bits per heavy atom. The molecule has 2 aromatic carbocycles. The maximum absolute atomic E-state index is 6.72. The Hall–Kier alpha value is -2.35. The van der Waals surface area contributed by atoms with Gasteiger partial charge in [-0.05, 0) is 85.9 Å². The van der Waals surface area contributed by atoms with Crippen molar-refractivity contribution in [2.24, 2.45) is 12.5 Å². The van der Waals surface area contributed by atoms with E-state index in [-0.39, 0.29) is 0 Å². The van der Waals surface area contributed by atoms with Crippen LogP contribution in [-0.2, 0) is 7.05 Å². The zero-order valence-corrected chi connectivity index (χ0v) is 18.6. The van der Waals surface area contributed by atoms with E-state index in [2.05, 4.69) is 76.7 Å². The molecule has 0 unspecified atom stereocenters. The van der Waals surface area contributed by atoms with E-state index in [1.54, 1.807) is 0 Å². The first kappa shape index (κ1) is 18.7. The second-order valence-electron chi connectivity index (χ2n) is 10.2. The van der Waals surface area contributed by atoms with Crippen LogP contribution in [-0.4, -0.2) is 0 Å². The largest absolute Gasteiger partial charge is 0.449 e. The van der Waals surface area contributed by atoms with Gasteiger partial charge in [0.25, 0.3) is 5.69 Å². The summed E-state index contributed by atoms with van der Waals surface area (Å²) in [6, 6.07) is 9.12. The number of aryl methyl sites for hydroxylation is 3. The highest BCUT2D eigenvalue weighted by molar-refractivity contribution is 6.05. The molecule has 0 atom stereocenters. The molecule has 2 heteroatoms. The fourth-order valence-corrected chi connectivity index (χ4v) is 5.44. The Bertz CT molecular complexity index is 1150. The van der Waals surface area contributed by atoms with Crippen molar-refractivity contribution in [3.63, 3.8) is 0 Å². The van der Waals surface area contributed by atoms with Gasteiger partial charge >= 0.3 is 0 Å². The molecule has 3 aromatic rings. The van der Waals surface area contributed by atoms with Crippen LogP contribution in [0.25, 0.3) is 22.0 Å². The van der Waals surface area contributed by atoms with Crippen molar-refractivity contribution in [2.75, 3.05) is 0 Å². The molecule has 5 rings (SSSR count). The number of benzene rings is 2. The Kier molecular flexibility index (Phi) is 4.07. The summed E-state index contributed by atoms with van der Waals surface area (Å²) in [5.74, 6) is 2.70. The number of nitrogens with zero attached hydrogens (tertiary/aromatic N) is 1. The van der Waals surface area contributed by atoms with E-state index in [4.69, 9.17) is 4.74 Å². The van der Waals surface area contributed by atoms with Gasteiger partial charge in [-0.1, -0.05) is 26.0 Å². The lowest BCUT2D eigenvalue weighted by atomic mass is 9.71. The number of aromatic nitrogens is 1. The van der Waals surface area contributed by atoms with Gasteiger partial charge in [0, 0.05) is 17.0 Å². The summed E-state index contributed by atoms with van der Waals surface area (Å²) in [4.78, 5) is 0. The summed E-state index contributed by atoms with van der Waals surface area (Å²) >= 11 is 0. The number of hydrogen-bond donors (Lipinski definition) is 0. The number of hydrogen-bond acceptors (Lipinski definition) is 1. The van der Waals surface area contributed by atoms with Crippen LogP contribution >= 0.6 is 0 Å². The van der Waals surface area contributed by atoms with Gasteiger partial charge < -0.3 is 4.74 Å². The average Bonchev–Trinajstić information content (AvgIpc) is 2.65. The van der Waals surface area contributed by atoms with E-state index in [9.17, 15) is 0 Å². The summed E-state index contributed by atoms with van der Waals surface area (Å²) in [6.45, 7) is 11.5. The summed E-state index contributed by atoms with van der Waals surface area (Å²) in [7, 11) is 2.16. The van der Waals surface area contributed by atoms with Crippen LogP contribution in [0.5, 0.6) is 11.5 Å². The predicted octanol–water partition coefficient (Wildman–Crippen LogP) is 7.05. The predicted molar refractivity (Wildman–Crippen MR) is 120 cm³/mol. The van der Waals surface area contributed by atoms with Crippen LogP contribution in [0, 0.1) is 26.2 Å². The molecule has 150 valence electrons. The van der Waals surface area contributed by atoms with Gasteiger partial charge in [-0.2, -0.15) is 4.57 Å². The van der Waals surface area contributed by atoms with Crippen LogP contribution < -0.4 is 9.30 Å². The Morgan fingerprint density at radius 3 is 2.48 bits per heavy atom. The molecule has 1 fully saturated rings. The first-order valence-electron chi connectivity index (χ1n) is 11.0. The van der Waals surface area contributed by atoms with Crippen molar-refractivity contribution < 1.29 is 9.30 Å². The van der Waals surface area contributed by atoms with Gasteiger partial charge in [0.2, 0.25) is 5.75 Å². The van der Waals surface area contributed by atoms with Crippen molar-refractivity contribution in [3.8, 4) is 22.8 Å². The van der Waals surface area contributed by atoms with Gasteiger partial charge in [-0.3, -0.25) is 0 Å². The fraction of sp³-hybridized carbons (Fsp3) is 0.444. The van der Waals surface area contributed by atoms with Crippen molar-refractivity contribution >= 4 is 10.8 Å². The molecule has 2 nitrogen and oxygen atoms in total. The van der Waals surface area contributed by atoms with Crippen molar-refractivity contribution in [2.45, 2.75) is 66.2 Å². The van der Waals surface area contributed by atoms with Crippen LogP contribution in [0.2, 0.25) is 0 Å². The lowest BCUT2D eigenvalue weighted by molar-refractivity contribution is -0.660. The van der Waals surface area contributed by atoms with Gasteiger partial charge in [-0.25, -0.2) is 0 Å². The average molecular weight is 387 g/mol. The van der Waals surface area contributed by atoms with E-state index in [0.717, 1.165) is 11.5 Å². The zero-order chi connectivity index (χ0) is 20.5. The standard InChI is InChI=1S/C27H32NO/c1-16-13-20-15-17(2)18(3)23-24(20)22(14-16)29-26-21(9-12-28(6)25(23)26)19-7-10-27(4,5)11-8-19/h9,12-15,19H,7-8,10-11H2,1-6H3/q+1. The van der Waals surface area contributed by atoms with Crippen molar-refractivity contribution in [1.82, 2.24) is 0 Å². The van der Waals surface area contributed by atoms with E-state index in [1.165, 1.54) is 70.0 Å². The molecule has 2 aliphatic rings. The molecule has 0 amide bonds. The minimum absolute atomic E-state index is 0.472. The van der Waals surface area contributed by atoms with Crippen molar-refractivity contribution in [1.29, 1.82) is 0 Å². The first-order valence-corrected chi connectivity index (χ1v) is 11.0. The molecule has 0 spiro atoms. The summed E-state index contributed by atoms with van der Waals surface area (Å²) in [5, 5.41) is 2.55. The van der Waals surface area contributed by atoms with E-state index in [1.807, 2.05) is 0 Å². The third-order valence-electron chi connectivity index (χ3n) is 7.40. The quantitative estimate of drug-likeness (QED) is 0.320. The summed E-state index contributed by atoms with van der Waals surface area (Å²) < 4.78 is 8.98. The summed E-state index contributed by atoms with van der Waals surface area (Å²) in [5.41, 5.74) is 8.44. The second-order valence-corrected chi connectivity index (χ2v) is 10.2. The highest BCUT2D eigenvalue weighted by Gasteiger charge is 2.36. The molecule has 1 aliphatic carbocycles. The molecule has 1 aliphatic heterocycles. The Labute approximate surface area is 174 Å². The maximum atomic E-state index is 6.72. The second kappa shape index (κ2) is 6.32. The molecule has 0 saturated heterocycles. The number of fused-ring (bicyclic) bond motifs is 2. The van der Waals surface area contributed by atoms with Crippen LogP contribution in [0.3, 0.4) is 0 Å². The molecule has 1 saturated carbocycles. The normalized spacial score (nSPS) is 17.9. The van der Waals surface area contributed by atoms with Gasteiger partial charge in [0.15, 0.2) is 6.20 Å². The fourth-order valence-electron chi connectivity index (χ4n) is 5.44. The number of ether oxygens (including phenoxy) is 1. The molecule has 0 N–H and O–H groups in total. The highest BCUT2D eigenvalue weighted by atomic mass is 16.5. The van der Waals surface area contributed by atoms with E-state index in [0.29, 0.717) is 11.3 Å². The lowest BCUT2D eigenvalue weighted by Crippen LogP contribution is -2.33. The lowest BCUT2D eigenvalue weighted by Gasteiger charge is -2.35. The third kappa shape index (κ3) is 2.87. The molecular weight excluding hydrogens is 354 g/mol. The van der Waals surface area contributed by atoms with E-state index >= 15 is 0 Å². The molecule has 0 radical (unpaired) electrons. The third-order valence-corrected chi connectivity index (χ3v) is 7.40. The minimum Gasteiger partial charge on any atom is -0.449 e. The smallest absolute Gasteiger partial charge is 0.256 e. The topological polar surface area (TPSA) is 13.1 Å². The Balaban J connectivity index is 1.77. The van der Waals surface area contributed by atoms with Gasteiger partial charge in [-0.15, -0.1) is 0 Å². The highest BCUT2D eigenvalue weighted by Crippen LogP contribution is 2.52. The molecule has 2 heterocycles. The first-order chi connectivity index (χ1) is 13.7. The number of pyridine rings is 1. The van der Waals surface area contributed by atoms with Crippen molar-refractivity contribution in [3.05, 3.63) is 52.7 Å². The monoisotopic (exact) mass is 386 g/mol. The summed E-state index contributed by atoms with van der Waals surface area (Å²) in [6.07, 6.45) is 7.32. The molecule has 0 bridgehead atoms. The van der Waals surface area contributed by atoms with Crippen LogP contribution in [0.4, 0.5) is 0 Å². The van der Waals surface area contributed by atoms with Crippen LogP contribution in [0.1, 0.15) is 67.7 Å². The van der Waals surface area contributed by atoms with Gasteiger partial charge in [0.1, 0.15) is 12.8 Å². The molecule has 29 heavy (non-hydrogen) atoms. The Morgan fingerprint density at radius 1 is 1.03 bits per heavy atom. The molecular formula is C27H32NO+. The maximum Gasteiger partial charge on any atom is 0.256 e. The zero-order valence-electron chi connectivity index (χ0n) is 18.6. The van der Waals surface area contributed by atoms with Crippen LogP contribution in [0.15, 0.2) is 30.5 Å². The molecule has 1 aromatic heterocycles. The van der Waals surface area contributed by atoms with E-state index < -0.39 is 0 Å². The SMILES string of the molecule is Cc1cc2c3c(c(C)c(C)cc3c1)-c1c(c(C3CCC(C)(C)CC3)cc[n+]1C)O2. The van der Waals surface area contributed by atoms with Gasteiger partial charge in [0.05, 0.1) is 5.56 Å². The minimum atomic E-state index is 0.472. The number of rotatable bonds is 1.